The molecule has 0 aromatic heterocycles. The topological polar surface area (TPSA) is 37.4 Å². The molecule has 1 aliphatic rings. The molecule has 1 unspecified atom stereocenters. The Morgan fingerprint density at radius 1 is 1.40 bits per heavy atom. The average Bonchev–Trinajstić information content (AvgIpc) is 2.89. The molecule has 1 heterocycles. The fraction of sp³-hybridized carbons (Fsp3) is 0.571. The lowest BCUT2D eigenvalue weighted by atomic mass is 9.96. The van der Waals surface area contributed by atoms with Crippen LogP contribution in [0.3, 0.4) is 0 Å². The van der Waals surface area contributed by atoms with Crippen molar-refractivity contribution in [2.24, 2.45) is 11.8 Å². The molecular formula is C14H19Cl2NO2S. The summed E-state index contributed by atoms with van der Waals surface area (Å²) in [6, 6.07) is 4.92. The van der Waals surface area contributed by atoms with E-state index in [2.05, 4.69) is 13.8 Å². The quantitative estimate of drug-likeness (QED) is 0.786. The Hall–Kier alpha value is -0.290. The number of hydrogen-bond donors (Lipinski definition) is 0. The van der Waals surface area contributed by atoms with Crippen molar-refractivity contribution in [2.75, 3.05) is 13.1 Å². The summed E-state index contributed by atoms with van der Waals surface area (Å²) in [5, 5.41) is 0.256. The van der Waals surface area contributed by atoms with Crippen molar-refractivity contribution in [1.29, 1.82) is 0 Å². The van der Waals surface area contributed by atoms with Crippen molar-refractivity contribution in [3.05, 3.63) is 28.8 Å². The number of sulfonamides is 1. The van der Waals surface area contributed by atoms with Gasteiger partial charge in [0, 0.05) is 19.0 Å². The minimum absolute atomic E-state index is 0.168. The summed E-state index contributed by atoms with van der Waals surface area (Å²) in [6.45, 7) is 5.39. The van der Waals surface area contributed by atoms with E-state index in [1.54, 1.807) is 18.2 Å². The normalized spacial score (nSPS) is 20.8. The highest BCUT2D eigenvalue weighted by Gasteiger charge is 2.34. The highest BCUT2D eigenvalue weighted by atomic mass is 35.5. The highest BCUT2D eigenvalue weighted by molar-refractivity contribution is 7.89. The van der Waals surface area contributed by atoms with Gasteiger partial charge in [-0.25, -0.2) is 8.42 Å². The molecule has 0 bridgehead atoms. The second-order valence-electron chi connectivity index (χ2n) is 5.55. The van der Waals surface area contributed by atoms with Gasteiger partial charge >= 0.3 is 0 Å². The summed E-state index contributed by atoms with van der Waals surface area (Å²) < 4.78 is 26.9. The number of benzene rings is 1. The van der Waals surface area contributed by atoms with E-state index in [9.17, 15) is 8.42 Å². The molecule has 0 saturated carbocycles. The fourth-order valence-corrected chi connectivity index (χ4v) is 4.69. The zero-order valence-electron chi connectivity index (χ0n) is 11.6. The van der Waals surface area contributed by atoms with Crippen LogP contribution in [0, 0.1) is 11.8 Å². The summed E-state index contributed by atoms with van der Waals surface area (Å²) in [6.07, 6.45) is 0.906. The molecule has 1 fully saturated rings. The largest absolute Gasteiger partial charge is 0.244 e. The molecule has 0 aliphatic carbocycles. The summed E-state index contributed by atoms with van der Waals surface area (Å²) in [5.41, 5.74) is 0.759. The van der Waals surface area contributed by atoms with Crippen molar-refractivity contribution in [1.82, 2.24) is 4.31 Å². The molecule has 0 radical (unpaired) electrons. The van der Waals surface area contributed by atoms with Crippen molar-refractivity contribution in [2.45, 2.75) is 31.0 Å². The van der Waals surface area contributed by atoms with Gasteiger partial charge in [0.15, 0.2) is 0 Å². The molecule has 1 atom stereocenters. The van der Waals surface area contributed by atoms with Crippen LogP contribution in [0.4, 0.5) is 0 Å². The highest BCUT2D eigenvalue weighted by Crippen LogP contribution is 2.32. The number of halogens is 2. The SMILES string of the molecule is CC(C)C1CCN(S(=O)(=O)c2cc(CCl)ccc2Cl)C1. The van der Waals surface area contributed by atoms with Gasteiger partial charge in [-0.1, -0.05) is 31.5 Å². The molecule has 2 rings (SSSR count). The lowest BCUT2D eigenvalue weighted by Crippen LogP contribution is -2.29. The van der Waals surface area contributed by atoms with E-state index >= 15 is 0 Å². The number of hydrogen-bond acceptors (Lipinski definition) is 2. The van der Waals surface area contributed by atoms with Gasteiger partial charge in [0.25, 0.3) is 0 Å². The monoisotopic (exact) mass is 335 g/mol. The maximum atomic E-state index is 12.7. The van der Waals surface area contributed by atoms with Crippen LogP contribution in [0.2, 0.25) is 5.02 Å². The molecule has 1 saturated heterocycles. The maximum absolute atomic E-state index is 12.7. The number of nitrogens with zero attached hydrogens (tertiary/aromatic N) is 1. The Morgan fingerprint density at radius 2 is 2.10 bits per heavy atom. The van der Waals surface area contributed by atoms with E-state index in [1.807, 2.05) is 0 Å². The molecule has 1 aromatic carbocycles. The lowest BCUT2D eigenvalue weighted by molar-refractivity contribution is 0.388. The average molecular weight is 336 g/mol. The first-order valence-corrected chi connectivity index (χ1v) is 9.06. The van der Waals surface area contributed by atoms with E-state index in [4.69, 9.17) is 23.2 Å². The third-order valence-electron chi connectivity index (χ3n) is 3.90. The Balaban J connectivity index is 2.32. The Bertz CT molecular complexity index is 587. The van der Waals surface area contributed by atoms with Gasteiger partial charge < -0.3 is 0 Å². The summed E-state index contributed by atoms with van der Waals surface area (Å²) in [5.74, 6) is 1.17. The molecular weight excluding hydrogens is 317 g/mol. The van der Waals surface area contributed by atoms with Crippen molar-refractivity contribution >= 4 is 33.2 Å². The Labute approximate surface area is 130 Å². The third kappa shape index (κ3) is 3.14. The third-order valence-corrected chi connectivity index (χ3v) is 6.55. The molecule has 112 valence electrons. The summed E-state index contributed by atoms with van der Waals surface area (Å²) >= 11 is 11.8. The molecule has 1 aliphatic heterocycles. The van der Waals surface area contributed by atoms with E-state index in [0.29, 0.717) is 24.9 Å². The Kier molecular flexibility index (Phi) is 5.00. The first-order chi connectivity index (χ1) is 9.36. The first-order valence-electron chi connectivity index (χ1n) is 6.70. The zero-order valence-corrected chi connectivity index (χ0v) is 14.0. The smallest absolute Gasteiger partial charge is 0.207 e. The predicted octanol–water partition coefficient (Wildman–Crippen LogP) is 3.75. The predicted molar refractivity (Wildman–Crippen MR) is 82.7 cm³/mol. The van der Waals surface area contributed by atoms with E-state index < -0.39 is 10.0 Å². The minimum Gasteiger partial charge on any atom is -0.207 e. The molecule has 20 heavy (non-hydrogen) atoms. The van der Waals surface area contributed by atoms with Gasteiger partial charge in [-0.15, -0.1) is 11.6 Å². The maximum Gasteiger partial charge on any atom is 0.244 e. The molecule has 0 N–H and O–H groups in total. The van der Waals surface area contributed by atoms with Crippen LogP contribution in [0.25, 0.3) is 0 Å². The van der Waals surface area contributed by atoms with Crippen LogP contribution in [-0.4, -0.2) is 25.8 Å². The molecule has 0 spiro atoms. The van der Waals surface area contributed by atoms with E-state index in [0.717, 1.165) is 12.0 Å². The van der Waals surface area contributed by atoms with Gasteiger partial charge in [-0.2, -0.15) is 4.31 Å². The summed E-state index contributed by atoms with van der Waals surface area (Å²) in [7, 11) is -3.53. The standard InChI is InChI=1S/C14H19Cl2NO2S/c1-10(2)12-5-6-17(9-12)20(18,19)14-7-11(8-15)3-4-13(14)16/h3-4,7,10,12H,5-6,8-9H2,1-2H3. The van der Waals surface area contributed by atoms with Crippen LogP contribution in [0.1, 0.15) is 25.8 Å². The zero-order chi connectivity index (χ0) is 14.9. The lowest BCUT2D eigenvalue weighted by Gasteiger charge is -2.19. The molecule has 1 aromatic rings. The molecule has 6 heteroatoms. The Morgan fingerprint density at radius 3 is 2.65 bits per heavy atom. The van der Waals surface area contributed by atoms with Crippen LogP contribution < -0.4 is 0 Å². The van der Waals surface area contributed by atoms with Crippen molar-refractivity contribution in [3.8, 4) is 0 Å². The van der Waals surface area contributed by atoms with Crippen molar-refractivity contribution in [3.63, 3.8) is 0 Å². The van der Waals surface area contributed by atoms with Gasteiger partial charge in [-0.3, -0.25) is 0 Å². The number of rotatable bonds is 4. The first kappa shape index (κ1) is 16.1. The van der Waals surface area contributed by atoms with Gasteiger partial charge in [0.05, 0.1) is 5.02 Å². The molecule has 0 amide bonds. The van der Waals surface area contributed by atoms with Crippen LogP contribution >= 0.6 is 23.2 Å². The van der Waals surface area contributed by atoms with E-state index in [1.165, 1.54) is 4.31 Å². The van der Waals surface area contributed by atoms with Gasteiger partial charge in [0.2, 0.25) is 10.0 Å². The summed E-state index contributed by atoms with van der Waals surface area (Å²) in [4.78, 5) is 0.168. The minimum atomic E-state index is -3.53. The molecule has 3 nitrogen and oxygen atoms in total. The number of alkyl halides is 1. The fourth-order valence-electron chi connectivity index (χ4n) is 2.48. The second kappa shape index (κ2) is 6.22. The van der Waals surface area contributed by atoms with Crippen LogP contribution in [0.5, 0.6) is 0 Å². The van der Waals surface area contributed by atoms with Gasteiger partial charge in [-0.05, 0) is 36.0 Å². The van der Waals surface area contributed by atoms with Crippen molar-refractivity contribution < 1.29 is 8.42 Å². The van der Waals surface area contributed by atoms with Crippen LogP contribution in [-0.2, 0) is 15.9 Å². The second-order valence-corrected chi connectivity index (χ2v) is 8.14. The van der Waals surface area contributed by atoms with Crippen LogP contribution in [0.15, 0.2) is 23.1 Å². The van der Waals surface area contributed by atoms with E-state index in [-0.39, 0.29) is 15.8 Å². The van der Waals surface area contributed by atoms with Gasteiger partial charge in [0.1, 0.15) is 4.90 Å².